The molecule has 0 saturated heterocycles. The van der Waals surface area contributed by atoms with Crippen LogP contribution in [0.3, 0.4) is 0 Å². The van der Waals surface area contributed by atoms with E-state index in [0.29, 0.717) is 0 Å². The third-order valence-electron chi connectivity index (χ3n) is 3.11. The minimum Gasteiger partial charge on any atom is -0.464 e. The van der Waals surface area contributed by atoms with E-state index in [4.69, 9.17) is 4.42 Å². The van der Waals surface area contributed by atoms with Crippen molar-refractivity contribution in [3.05, 3.63) is 36.1 Å². The van der Waals surface area contributed by atoms with Gasteiger partial charge in [-0.1, -0.05) is 50.8 Å². The molecule has 0 bridgehead atoms. The van der Waals surface area contributed by atoms with Gasteiger partial charge in [-0.2, -0.15) is 0 Å². The zero-order chi connectivity index (χ0) is 11.2. The van der Waals surface area contributed by atoms with E-state index in [1.165, 1.54) is 43.1 Å². The normalized spacial score (nSPS) is 11.1. The SMILES string of the molecule is CCCCCCCc1coc2ccccc12. The van der Waals surface area contributed by atoms with Crippen LogP contribution in [-0.4, -0.2) is 0 Å². The summed E-state index contributed by atoms with van der Waals surface area (Å²) in [4.78, 5) is 0. The summed E-state index contributed by atoms with van der Waals surface area (Å²) in [6, 6.07) is 8.30. The first kappa shape index (κ1) is 11.3. The predicted molar refractivity (Wildman–Crippen MR) is 68.7 cm³/mol. The summed E-state index contributed by atoms with van der Waals surface area (Å²) in [7, 11) is 0. The lowest BCUT2D eigenvalue weighted by Gasteiger charge is -1.99. The molecule has 0 unspecified atom stereocenters. The van der Waals surface area contributed by atoms with Crippen LogP contribution in [0.4, 0.5) is 0 Å². The largest absolute Gasteiger partial charge is 0.464 e. The molecular formula is C15H20O. The molecule has 1 aromatic carbocycles. The minimum atomic E-state index is 1.02. The molecule has 0 N–H and O–H groups in total. The number of aryl methyl sites for hydroxylation is 1. The van der Waals surface area contributed by atoms with E-state index in [1.807, 2.05) is 18.4 Å². The lowest BCUT2D eigenvalue weighted by molar-refractivity contribution is 0.600. The highest BCUT2D eigenvalue weighted by atomic mass is 16.3. The van der Waals surface area contributed by atoms with Crippen LogP contribution in [0.2, 0.25) is 0 Å². The average molecular weight is 216 g/mol. The van der Waals surface area contributed by atoms with Crippen molar-refractivity contribution in [1.82, 2.24) is 0 Å². The Morgan fingerprint density at radius 2 is 1.81 bits per heavy atom. The van der Waals surface area contributed by atoms with E-state index in [9.17, 15) is 0 Å². The molecule has 1 heteroatoms. The minimum absolute atomic E-state index is 1.02. The maximum absolute atomic E-state index is 5.53. The number of fused-ring (bicyclic) bond motifs is 1. The number of hydrogen-bond donors (Lipinski definition) is 0. The third kappa shape index (κ3) is 2.66. The Balaban J connectivity index is 1.89. The molecule has 2 aromatic rings. The molecule has 0 aliphatic carbocycles. The van der Waals surface area contributed by atoms with Crippen LogP contribution in [0.25, 0.3) is 11.0 Å². The van der Waals surface area contributed by atoms with Gasteiger partial charge < -0.3 is 4.42 Å². The van der Waals surface area contributed by atoms with Crippen molar-refractivity contribution in [3.63, 3.8) is 0 Å². The van der Waals surface area contributed by atoms with Gasteiger partial charge in [-0.25, -0.2) is 0 Å². The van der Waals surface area contributed by atoms with Gasteiger partial charge in [-0.05, 0) is 24.5 Å². The lowest BCUT2D eigenvalue weighted by atomic mass is 10.1. The summed E-state index contributed by atoms with van der Waals surface area (Å²) in [5, 5.41) is 1.29. The molecule has 0 radical (unpaired) electrons. The number of para-hydroxylation sites is 1. The zero-order valence-corrected chi connectivity index (χ0v) is 10.0. The van der Waals surface area contributed by atoms with Crippen LogP contribution < -0.4 is 0 Å². The molecule has 86 valence electrons. The van der Waals surface area contributed by atoms with Crippen molar-refractivity contribution < 1.29 is 4.42 Å². The molecule has 0 amide bonds. The third-order valence-corrected chi connectivity index (χ3v) is 3.11. The highest BCUT2D eigenvalue weighted by molar-refractivity contribution is 5.80. The van der Waals surface area contributed by atoms with Crippen LogP contribution in [0.15, 0.2) is 34.9 Å². The first-order valence-corrected chi connectivity index (χ1v) is 6.37. The smallest absolute Gasteiger partial charge is 0.134 e. The molecule has 0 saturated carbocycles. The Morgan fingerprint density at radius 1 is 1.00 bits per heavy atom. The van der Waals surface area contributed by atoms with Gasteiger partial charge in [0.1, 0.15) is 5.58 Å². The van der Waals surface area contributed by atoms with E-state index in [0.717, 1.165) is 12.0 Å². The van der Waals surface area contributed by atoms with Gasteiger partial charge >= 0.3 is 0 Å². The number of furan rings is 1. The Hall–Kier alpha value is -1.24. The maximum atomic E-state index is 5.53. The number of unbranched alkanes of at least 4 members (excludes halogenated alkanes) is 4. The molecule has 0 fully saturated rings. The summed E-state index contributed by atoms with van der Waals surface area (Å²) in [6.07, 6.45) is 9.75. The van der Waals surface area contributed by atoms with Crippen LogP contribution in [0.1, 0.15) is 44.6 Å². The van der Waals surface area contributed by atoms with E-state index in [-0.39, 0.29) is 0 Å². The summed E-state index contributed by atoms with van der Waals surface area (Å²) in [6.45, 7) is 2.25. The van der Waals surface area contributed by atoms with Crippen molar-refractivity contribution in [2.45, 2.75) is 45.4 Å². The van der Waals surface area contributed by atoms with Gasteiger partial charge in [0.15, 0.2) is 0 Å². The van der Waals surface area contributed by atoms with Crippen molar-refractivity contribution in [2.24, 2.45) is 0 Å². The van der Waals surface area contributed by atoms with Gasteiger partial charge in [-0.3, -0.25) is 0 Å². The maximum Gasteiger partial charge on any atom is 0.134 e. The zero-order valence-electron chi connectivity index (χ0n) is 10.0. The molecule has 0 atom stereocenters. The molecule has 0 spiro atoms. The Bertz CT molecular complexity index is 428. The molecule has 1 nitrogen and oxygen atoms in total. The second-order valence-corrected chi connectivity index (χ2v) is 4.42. The van der Waals surface area contributed by atoms with E-state index in [2.05, 4.69) is 19.1 Å². The Kier molecular flexibility index (Phi) is 4.03. The predicted octanol–water partition coefficient (Wildman–Crippen LogP) is 4.95. The topological polar surface area (TPSA) is 13.1 Å². The first-order valence-electron chi connectivity index (χ1n) is 6.37. The number of rotatable bonds is 6. The van der Waals surface area contributed by atoms with Gasteiger partial charge in [0.2, 0.25) is 0 Å². The van der Waals surface area contributed by atoms with E-state index < -0.39 is 0 Å². The first-order chi connectivity index (χ1) is 7.92. The molecule has 1 heterocycles. The molecule has 1 aromatic heterocycles. The van der Waals surface area contributed by atoms with Gasteiger partial charge in [0.05, 0.1) is 6.26 Å². The van der Waals surface area contributed by atoms with Crippen LogP contribution in [0.5, 0.6) is 0 Å². The number of benzene rings is 1. The average Bonchev–Trinajstić information content (AvgIpc) is 2.73. The summed E-state index contributed by atoms with van der Waals surface area (Å²) >= 11 is 0. The van der Waals surface area contributed by atoms with Crippen molar-refractivity contribution >= 4 is 11.0 Å². The van der Waals surface area contributed by atoms with Crippen molar-refractivity contribution in [3.8, 4) is 0 Å². The Labute approximate surface area is 97.5 Å². The molecule has 0 aliphatic rings. The summed E-state index contributed by atoms with van der Waals surface area (Å²) < 4.78 is 5.53. The molecular weight excluding hydrogens is 196 g/mol. The summed E-state index contributed by atoms with van der Waals surface area (Å²) in [5.41, 5.74) is 2.39. The molecule has 16 heavy (non-hydrogen) atoms. The van der Waals surface area contributed by atoms with Gasteiger partial charge in [0, 0.05) is 5.39 Å². The fraction of sp³-hybridized carbons (Fsp3) is 0.467. The molecule has 2 rings (SSSR count). The Morgan fingerprint density at radius 3 is 2.69 bits per heavy atom. The fourth-order valence-corrected chi connectivity index (χ4v) is 2.15. The second kappa shape index (κ2) is 5.74. The van der Waals surface area contributed by atoms with Crippen LogP contribution in [0, 0.1) is 0 Å². The fourth-order valence-electron chi connectivity index (χ4n) is 2.15. The standard InChI is InChI=1S/C15H20O/c1-2-3-4-5-6-9-13-12-16-15-11-8-7-10-14(13)15/h7-8,10-12H,2-6,9H2,1H3. The highest BCUT2D eigenvalue weighted by Crippen LogP contribution is 2.22. The lowest BCUT2D eigenvalue weighted by Crippen LogP contribution is -1.84. The second-order valence-electron chi connectivity index (χ2n) is 4.42. The van der Waals surface area contributed by atoms with Crippen molar-refractivity contribution in [2.75, 3.05) is 0 Å². The monoisotopic (exact) mass is 216 g/mol. The summed E-state index contributed by atoms with van der Waals surface area (Å²) in [5.74, 6) is 0. The van der Waals surface area contributed by atoms with Crippen LogP contribution >= 0.6 is 0 Å². The van der Waals surface area contributed by atoms with E-state index >= 15 is 0 Å². The quantitative estimate of drug-likeness (QED) is 0.623. The van der Waals surface area contributed by atoms with E-state index in [1.54, 1.807) is 0 Å². The van der Waals surface area contributed by atoms with Gasteiger partial charge in [-0.15, -0.1) is 0 Å². The van der Waals surface area contributed by atoms with Crippen molar-refractivity contribution in [1.29, 1.82) is 0 Å². The van der Waals surface area contributed by atoms with Gasteiger partial charge in [0.25, 0.3) is 0 Å². The van der Waals surface area contributed by atoms with Crippen LogP contribution in [-0.2, 0) is 6.42 Å². The molecule has 0 aliphatic heterocycles. The number of hydrogen-bond acceptors (Lipinski definition) is 1. The highest BCUT2D eigenvalue weighted by Gasteiger charge is 2.03.